The standard InChI is InChI=1S/C24H32N4O5/c1-24(2,3)33-23(31)27-19(14-17-10-6-4-7-11-17)21(29)26-20(22(30)28-25)16-32-15-18-12-8-5-9-13-18/h4-13,19-20H,14-16,25H2,1-3H3,(H,26,29)(H,27,31)(H,28,30). The minimum absolute atomic E-state index is 0.103. The number of hydrazine groups is 1. The van der Waals surface area contributed by atoms with Crippen LogP contribution in [0.2, 0.25) is 0 Å². The molecule has 0 heterocycles. The summed E-state index contributed by atoms with van der Waals surface area (Å²) in [4.78, 5) is 37.6. The van der Waals surface area contributed by atoms with E-state index >= 15 is 0 Å². The quantitative estimate of drug-likeness (QED) is 0.245. The Labute approximate surface area is 194 Å². The van der Waals surface area contributed by atoms with Crippen LogP contribution in [0.4, 0.5) is 4.79 Å². The number of ether oxygens (including phenoxy) is 2. The second-order valence-electron chi connectivity index (χ2n) is 8.46. The first-order chi connectivity index (χ1) is 15.7. The first-order valence-electron chi connectivity index (χ1n) is 10.6. The number of hydrogen-bond acceptors (Lipinski definition) is 6. The van der Waals surface area contributed by atoms with Crippen LogP contribution in [0.5, 0.6) is 0 Å². The molecule has 2 atom stereocenters. The van der Waals surface area contributed by atoms with Crippen LogP contribution in [0, 0.1) is 0 Å². The van der Waals surface area contributed by atoms with E-state index in [9.17, 15) is 14.4 Å². The maximum Gasteiger partial charge on any atom is 0.408 e. The molecule has 178 valence electrons. The minimum Gasteiger partial charge on any atom is -0.444 e. The summed E-state index contributed by atoms with van der Waals surface area (Å²) in [6, 6.07) is 16.6. The molecule has 0 radical (unpaired) electrons. The van der Waals surface area contributed by atoms with Crippen LogP contribution >= 0.6 is 0 Å². The Morgan fingerprint density at radius 2 is 1.42 bits per heavy atom. The van der Waals surface area contributed by atoms with Crippen molar-refractivity contribution in [3.8, 4) is 0 Å². The number of amides is 3. The Kier molecular flexibility index (Phi) is 9.84. The zero-order valence-electron chi connectivity index (χ0n) is 19.2. The van der Waals surface area contributed by atoms with Crippen molar-refractivity contribution in [2.75, 3.05) is 6.61 Å². The van der Waals surface area contributed by atoms with Gasteiger partial charge < -0.3 is 20.1 Å². The molecule has 2 unspecified atom stereocenters. The molecular formula is C24H32N4O5. The number of nitrogens with one attached hydrogen (secondary N) is 3. The van der Waals surface area contributed by atoms with Crippen molar-refractivity contribution < 1.29 is 23.9 Å². The van der Waals surface area contributed by atoms with E-state index in [0.717, 1.165) is 11.1 Å². The molecule has 0 aliphatic heterocycles. The fourth-order valence-corrected chi connectivity index (χ4v) is 2.93. The summed E-state index contributed by atoms with van der Waals surface area (Å²) >= 11 is 0. The summed E-state index contributed by atoms with van der Waals surface area (Å²) in [5.74, 6) is 4.10. The Morgan fingerprint density at radius 3 is 1.97 bits per heavy atom. The van der Waals surface area contributed by atoms with Crippen LogP contribution in [0.25, 0.3) is 0 Å². The van der Waals surface area contributed by atoms with Crippen molar-refractivity contribution in [3.63, 3.8) is 0 Å². The highest BCUT2D eigenvalue weighted by molar-refractivity contribution is 5.91. The predicted molar refractivity (Wildman–Crippen MR) is 124 cm³/mol. The number of carbonyl (C=O) groups excluding carboxylic acids is 3. The van der Waals surface area contributed by atoms with Gasteiger partial charge in [0.2, 0.25) is 5.91 Å². The molecule has 0 aromatic heterocycles. The lowest BCUT2D eigenvalue weighted by Gasteiger charge is -2.25. The van der Waals surface area contributed by atoms with Gasteiger partial charge in [-0.05, 0) is 31.9 Å². The van der Waals surface area contributed by atoms with E-state index in [4.69, 9.17) is 15.3 Å². The van der Waals surface area contributed by atoms with Gasteiger partial charge in [-0.15, -0.1) is 0 Å². The van der Waals surface area contributed by atoms with Gasteiger partial charge in [0.15, 0.2) is 0 Å². The number of carbonyl (C=O) groups is 3. The first kappa shape index (κ1) is 25.8. The zero-order valence-corrected chi connectivity index (χ0v) is 19.2. The fraction of sp³-hybridized carbons (Fsp3) is 0.375. The molecule has 9 heteroatoms. The van der Waals surface area contributed by atoms with E-state index in [1.807, 2.05) is 66.1 Å². The third-order valence-electron chi connectivity index (χ3n) is 4.46. The van der Waals surface area contributed by atoms with E-state index < -0.39 is 35.6 Å². The summed E-state index contributed by atoms with van der Waals surface area (Å²) in [7, 11) is 0. The van der Waals surface area contributed by atoms with Gasteiger partial charge >= 0.3 is 6.09 Å². The van der Waals surface area contributed by atoms with Crippen LogP contribution in [0.3, 0.4) is 0 Å². The summed E-state index contributed by atoms with van der Waals surface area (Å²) in [5.41, 5.74) is 3.05. The summed E-state index contributed by atoms with van der Waals surface area (Å²) in [5, 5.41) is 5.21. The summed E-state index contributed by atoms with van der Waals surface area (Å²) in [6.45, 7) is 5.34. The van der Waals surface area contributed by atoms with Crippen molar-refractivity contribution in [2.45, 2.75) is 51.5 Å². The Hall–Kier alpha value is -3.43. The van der Waals surface area contributed by atoms with Gasteiger partial charge in [-0.25, -0.2) is 10.6 Å². The number of benzene rings is 2. The monoisotopic (exact) mass is 456 g/mol. The molecule has 5 N–H and O–H groups in total. The molecule has 0 aliphatic carbocycles. The molecule has 0 spiro atoms. The Bertz CT molecular complexity index is 900. The Balaban J connectivity index is 2.07. The molecule has 2 aromatic carbocycles. The topological polar surface area (TPSA) is 132 Å². The van der Waals surface area contributed by atoms with Crippen LogP contribution < -0.4 is 21.9 Å². The largest absolute Gasteiger partial charge is 0.444 e. The molecular weight excluding hydrogens is 424 g/mol. The molecule has 0 saturated heterocycles. The van der Waals surface area contributed by atoms with Gasteiger partial charge in [0, 0.05) is 6.42 Å². The van der Waals surface area contributed by atoms with Gasteiger partial charge in [-0.1, -0.05) is 60.7 Å². The highest BCUT2D eigenvalue weighted by Crippen LogP contribution is 2.09. The molecule has 9 nitrogen and oxygen atoms in total. The predicted octanol–water partition coefficient (Wildman–Crippen LogP) is 1.81. The zero-order chi connectivity index (χ0) is 24.3. The van der Waals surface area contributed by atoms with Crippen LogP contribution in [-0.2, 0) is 32.1 Å². The smallest absolute Gasteiger partial charge is 0.408 e. The second-order valence-corrected chi connectivity index (χ2v) is 8.46. The summed E-state index contributed by atoms with van der Waals surface area (Å²) < 4.78 is 10.9. The molecule has 0 saturated carbocycles. The third-order valence-corrected chi connectivity index (χ3v) is 4.46. The lowest BCUT2D eigenvalue weighted by molar-refractivity contribution is -0.131. The molecule has 0 fully saturated rings. The number of nitrogens with two attached hydrogens (primary N) is 1. The lowest BCUT2D eigenvalue weighted by atomic mass is 10.0. The molecule has 0 aliphatic rings. The third kappa shape index (κ3) is 9.71. The lowest BCUT2D eigenvalue weighted by Crippen LogP contribution is -2.57. The maximum absolute atomic E-state index is 13.1. The Morgan fingerprint density at radius 1 is 0.848 bits per heavy atom. The fourth-order valence-electron chi connectivity index (χ4n) is 2.93. The first-order valence-corrected chi connectivity index (χ1v) is 10.6. The molecule has 0 bridgehead atoms. The van der Waals surface area contributed by atoms with Gasteiger partial charge in [0.25, 0.3) is 5.91 Å². The van der Waals surface area contributed by atoms with Crippen molar-refractivity contribution in [1.82, 2.24) is 16.1 Å². The van der Waals surface area contributed by atoms with Crippen LogP contribution in [0.1, 0.15) is 31.9 Å². The van der Waals surface area contributed by atoms with Crippen molar-refractivity contribution in [3.05, 3.63) is 71.8 Å². The van der Waals surface area contributed by atoms with E-state index in [1.54, 1.807) is 20.8 Å². The van der Waals surface area contributed by atoms with Crippen molar-refractivity contribution >= 4 is 17.9 Å². The van der Waals surface area contributed by atoms with E-state index in [-0.39, 0.29) is 19.6 Å². The van der Waals surface area contributed by atoms with Crippen molar-refractivity contribution in [2.24, 2.45) is 5.84 Å². The van der Waals surface area contributed by atoms with E-state index in [1.165, 1.54) is 0 Å². The number of rotatable bonds is 10. The average molecular weight is 457 g/mol. The van der Waals surface area contributed by atoms with Crippen LogP contribution in [-0.4, -0.2) is 42.2 Å². The molecule has 33 heavy (non-hydrogen) atoms. The maximum atomic E-state index is 13.1. The number of hydrogen-bond donors (Lipinski definition) is 4. The van der Waals surface area contributed by atoms with Gasteiger partial charge in [-0.2, -0.15) is 0 Å². The number of alkyl carbamates (subject to hydrolysis) is 1. The van der Waals surface area contributed by atoms with Gasteiger partial charge in [0.1, 0.15) is 17.7 Å². The van der Waals surface area contributed by atoms with Crippen molar-refractivity contribution in [1.29, 1.82) is 0 Å². The minimum atomic E-state index is -1.05. The SMILES string of the molecule is CC(C)(C)OC(=O)NC(Cc1ccccc1)C(=O)NC(COCc1ccccc1)C(=O)NN. The van der Waals surface area contributed by atoms with E-state index in [2.05, 4.69) is 10.6 Å². The molecule has 2 rings (SSSR count). The highest BCUT2D eigenvalue weighted by Gasteiger charge is 2.28. The van der Waals surface area contributed by atoms with Gasteiger partial charge in [0.05, 0.1) is 13.2 Å². The molecule has 2 aromatic rings. The normalized spacial score (nSPS) is 12.8. The van der Waals surface area contributed by atoms with Crippen LogP contribution in [0.15, 0.2) is 60.7 Å². The summed E-state index contributed by atoms with van der Waals surface area (Å²) in [6.07, 6.45) is -0.535. The van der Waals surface area contributed by atoms with Gasteiger partial charge in [-0.3, -0.25) is 15.0 Å². The highest BCUT2D eigenvalue weighted by atomic mass is 16.6. The second kappa shape index (κ2) is 12.6. The van der Waals surface area contributed by atoms with E-state index in [0.29, 0.717) is 0 Å². The molecule has 3 amide bonds. The average Bonchev–Trinajstić information content (AvgIpc) is 2.77.